The van der Waals surface area contributed by atoms with Gasteiger partial charge in [0.25, 0.3) is 5.91 Å². The fourth-order valence-electron chi connectivity index (χ4n) is 2.31. The monoisotopic (exact) mass is 229 g/mol. The molecule has 0 aromatic carbocycles. The molecule has 3 heterocycles. The van der Waals surface area contributed by atoms with E-state index in [1.165, 1.54) is 4.90 Å². The van der Waals surface area contributed by atoms with Gasteiger partial charge in [0.1, 0.15) is 11.4 Å². The SMILES string of the molecule is N#CN1CC[C@]2(CNc3cccnc3N2)C1=O. The summed E-state index contributed by atoms with van der Waals surface area (Å²) in [5, 5.41) is 15.2. The van der Waals surface area contributed by atoms with Crippen LogP contribution in [0.3, 0.4) is 0 Å². The number of carbonyl (C=O) groups is 1. The Balaban J connectivity index is 1.94. The zero-order chi connectivity index (χ0) is 11.9. The second kappa shape index (κ2) is 3.35. The molecule has 1 aromatic heterocycles. The molecular weight excluding hydrogens is 218 g/mol. The van der Waals surface area contributed by atoms with Crippen LogP contribution in [0, 0.1) is 11.5 Å². The number of fused-ring (bicyclic) bond motifs is 1. The number of carbonyl (C=O) groups excluding carboxylic acids is 1. The normalized spacial score (nSPS) is 26.1. The van der Waals surface area contributed by atoms with Gasteiger partial charge in [0.2, 0.25) is 0 Å². The fourth-order valence-corrected chi connectivity index (χ4v) is 2.31. The Morgan fingerprint density at radius 3 is 3.24 bits per heavy atom. The zero-order valence-corrected chi connectivity index (χ0v) is 9.10. The van der Waals surface area contributed by atoms with Crippen molar-refractivity contribution in [3.05, 3.63) is 18.3 Å². The first-order valence-electron chi connectivity index (χ1n) is 5.44. The summed E-state index contributed by atoms with van der Waals surface area (Å²) in [6, 6.07) is 3.74. The molecule has 1 spiro atoms. The summed E-state index contributed by atoms with van der Waals surface area (Å²) in [4.78, 5) is 17.5. The molecule has 2 aliphatic heterocycles. The van der Waals surface area contributed by atoms with Crippen molar-refractivity contribution in [2.24, 2.45) is 0 Å². The number of amides is 1. The first-order valence-corrected chi connectivity index (χ1v) is 5.44. The molecule has 2 aliphatic rings. The Hall–Kier alpha value is -2.29. The number of likely N-dealkylation sites (tertiary alicyclic amines) is 1. The summed E-state index contributed by atoms with van der Waals surface area (Å²) in [6.45, 7) is 0.953. The van der Waals surface area contributed by atoms with Gasteiger partial charge < -0.3 is 10.6 Å². The predicted molar refractivity (Wildman–Crippen MR) is 61.0 cm³/mol. The maximum atomic E-state index is 12.1. The van der Waals surface area contributed by atoms with Gasteiger partial charge in [-0.3, -0.25) is 4.79 Å². The molecule has 3 rings (SSSR count). The molecule has 1 atom stereocenters. The van der Waals surface area contributed by atoms with Crippen LogP contribution in [0.15, 0.2) is 18.3 Å². The van der Waals surface area contributed by atoms with Crippen molar-refractivity contribution in [1.82, 2.24) is 9.88 Å². The average Bonchev–Trinajstić information content (AvgIpc) is 2.67. The quantitative estimate of drug-likeness (QED) is 0.628. The van der Waals surface area contributed by atoms with Gasteiger partial charge >= 0.3 is 0 Å². The van der Waals surface area contributed by atoms with E-state index in [2.05, 4.69) is 15.6 Å². The Labute approximate surface area is 98.2 Å². The number of nitrogens with one attached hydrogen (secondary N) is 2. The van der Waals surface area contributed by atoms with Gasteiger partial charge in [-0.2, -0.15) is 5.26 Å². The van der Waals surface area contributed by atoms with E-state index in [9.17, 15) is 4.79 Å². The average molecular weight is 229 g/mol. The third kappa shape index (κ3) is 1.32. The minimum absolute atomic E-state index is 0.177. The van der Waals surface area contributed by atoms with Gasteiger partial charge in [-0.25, -0.2) is 9.88 Å². The van der Waals surface area contributed by atoms with Crippen LogP contribution in [-0.4, -0.2) is 34.4 Å². The molecule has 0 saturated carbocycles. The first kappa shape index (κ1) is 9.90. The Kier molecular flexibility index (Phi) is 1.95. The molecular formula is C11H11N5O. The van der Waals surface area contributed by atoms with Gasteiger partial charge in [0, 0.05) is 25.7 Å². The van der Waals surface area contributed by atoms with E-state index >= 15 is 0 Å². The van der Waals surface area contributed by atoms with Crippen molar-refractivity contribution in [1.29, 1.82) is 5.26 Å². The molecule has 6 heteroatoms. The van der Waals surface area contributed by atoms with Crippen LogP contribution in [-0.2, 0) is 4.79 Å². The smallest absolute Gasteiger partial charge is 0.263 e. The Morgan fingerprint density at radius 1 is 1.59 bits per heavy atom. The van der Waals surface area contributed by atoms with E-state index in [-0.39, 0.29) is 5.91 Å². The molecule has 6 nitrogen and oxygen atoms in total. The van der Waals surface area contributed by atoms with Crippen LogP contribution < -0.4 is 10.6 Å². The molecule has 1 fully saturated rings. The van der Waals surface area contributed by atoms with Crippen molar-refractivity contribution < 1.29 is 4.79 Å². The molecule has 0 bridgehead atoms. The Bertz CT molecular complexity index is 523. The van der Waals surface area contributed by atoms with Crippen molar-refractivity contribution in [2.75, 3.05) is 23.7 Å². The van der Waals surface area contributed by atoms with Crippen molar-refractivity contribution in [3.8, 4) is 6.19 Å². The number of rotatable bonds is 0. The van der Waals surface area contributed by atoms with Crippen molar-refractivity contribution in [3.63, 3.8) is 0 Å². The number of aromatic nitrogens is 1. The third-order valence-electron chi connectivity index (χ3n) is 3.28. The molecule has 0 radical (unpaired) electrons. The molecule has 86 valence electrons. The van der Waals surface area contributed by atoms with Crippen LogP contribution in [0.4, 0.5) is 11.5 Å². The maximum absolute atomic E-state index is 12.1. The highest BCUT2D eigenvalue weighted by Crippen LogP contribution is 2.33. The van der Waals surface area contributed by atoms with Crippen LogP contribution in [0.5, 0.6) is 0 Å². The van der Waals surface area contributed by atoms with E-state index in [0.717, 1.165) is 5.69 Å². The standard InChI is InChI=1S/C11H11N5O/c12-7-16-5-3-11(10(16)17)6-14-8-2-1-4-13-9(8)15-11/h1-2,4,14H,3,5-6H2,(H,13,15)/t11-/m0/s1. The highest BCUT2D eigenvalue weighted by molar-refractivity contribution is 5.95. The van der Waals surface area contributed by atoms with Crippen LogP contribution in [0.1, 0.15) is 6.42 Å². The topological polar surface area (TPSA) is 81.1 Å². The molecule has 0 unspecified atom stereocenters. The lowest BCUT2D eigenvalue weighted by Gasteiger charge is -2.34. The third-order valence-corrected chi connectivity index (χ3v) is 3.28. The summed E-state index contributed by atoms with van der Waals surface area (Å²) < 4.78 is 0. The second-order valence-electron chi connectivity index (χ2n) is 4.27. The van der Waals surface area contributed by atoms with Gasteiger partial charge in [-0.15, -0.1) is 0 Å². The molecule has 1 aromatic rings. The molecule has 0 aliphatic carbocycles. The minimum Gasteiger partial charge on any atom is -0.379 e. The molecule has 17 heavy (non-hydrogen) atoms. The summed E-state index contributed by atoms with van der Waals surface area (Å²) in [5.74, 6) is 0.496. The number of nitriles is 1. The van der Waals surface area contributed by atoms with Gasteiger partial charge in [0.15, 0.2) is 6.19 Å². The minimum atomic E-state index is -0.711. The van der Waals surface area contributed by atoms with Crippen LogP contribution >= 0.6 is 0 Å². The lowest BCUT2D eigenvalue weighted by Crippen LogP contribution is -2.53. The number of nitrogens with zero attached hydrogens (tertiary/aromatic N) is 3. The number of hydrogen-bond donors (Lipinski definition) is 2. The summed E-state index contributed by atoms with van der Waals surface area (Å²) >= 11 is 0. The number of hydrogen-bond acceptors (Lipinski definition) is 5. The highest BCUT2D eigenvalue weighted by atomic mass is 16.2. The molecule has 1 saturated heterocycles. The lowest BCUT2D eigenvalue weighted by atomic mass is 9.95. The summed E-state index contributed by atoms with van der Waals surface area (Å²) in [6.07, 6.45) is 4.19. The van der Waals surface area contributed by atoms with E-state index in [0.29, 0.717) is 25.3 Å². The van der Waals surface area contributed by atoms with E-state index in [4.69, 9.17) is 5.26 Å². The second-order valence-corrected chi connectivity index (χ2v) is 4.27. The molecule has 2 N–H and O–H groups in total. The predicted octanol–water partition coefficient (Wildman–Crippen LogP) is 0.371. The van der Waals surface area contributed by atoms with Crippen LogP contribution in [0.2, 0.25) is 0 Å². The highest BCUT2D eigenvalue weighted by Gasteiger charge is 2.49. The number of pyridine rings is 1. The van der Waals surface area contributed by atoms with E-state index < -0.39 is 5.54 Å². The van der Waals surface area contributed by atoms with Gasteiger partial charge in [-0.05, 0) is 12.1 Å². The molecule has 1 amide bonds. The largest absolute Gasteiger partial charge is 0.379 e. The maximum Gasteiger partial charge on any atom is 0.263 e. The summed E-state index contributed by atoms with van der Waals surface area (Å²) in [7, 11) is 0. The van der Waals surface area contributed by atoms with Gasteiger partial charge in [0.05, 0.1) is 5.69 Å². The van der Waals surface area contributed by atoms with Crippen molar-refractivity contribution in [2.45, 2.75) is 12.0 Å². The van der Waals surface area contributed by atoms with Crippen LogP contribution in [0.25, 0.3) is 0 Å². The zero-order valence-electron chi connectivity index (χ0n) is 9.10. The fraction of sp³-hybridized carbons (Fsp3) is 0.364. The van der Waals surface area contributed by atoms with E-state index in [1.807, 2.05) is 18.3 Å². The van der Waals surface area contributed by atoms with E-state index in [1.54, 1.807) is 6.20 Å². The summed E-state index contributed by atoms with van der Waals surface area (Å²) in [5.41, 5.74) is 0.179. The van der Waals surface area contributed by atoms with Gasteiger partial charge in [-0.1, -0.05) is 0 Å². The lowest BCUT2D eigenvalue weighted by molar-refractivity contribution is -0.128. The first-order chi connectivity index (χ1) is 8.25. The Morgan fingerprint density at radius 2 is 2.47 bits per heavy atom. The van der Waals surface area contributed by atoms with Crippen molar-refractivity contribution >= 4 is 17.4 Å². The number of anilines is 2.